The second-order valence-corrected chi connectivity index (χ2v) is 7.56. The summed E-state index contributed by atoms with van der Waals surface area (Å²) < 4.78 is 5.51. The van der Waals surface area contributed by atoms with E-state index in [1.54, 1.807) is 0 Å². The standard InChI is InChI=1S/C24H27NO4/c1-16(2)22(14-26)25-23(27)11-12-24(28)29-15-21-19-9-5-3-7-17(19)13-18-8-4-6-10-20(18)21/h3-10,13,16,22,26H,11-12,14-15H2,1-2H3,(H,25,27)/t22-/m1/s1. The van der Waals surface area contributed by atoms with Crippen molar-refractivity contribution < 1.29 is 19.4 Å². The molecule has 5 nitrogen and oxygen atoms in total. The molecule has 0 radical (unpaired) electrons. The molecule has 0 spiro atoms. The van der Waals surface area contributed by atoms with E-state index < -0.39 is 5.97 Å². The molecule has 0 aromatic heterocycles. The van der Waals surface area contributed by atoms with E-state index in [9.17, 15) is 14.7 Å². The van der Waals surface area contributed by atoms with Crippen LogP contribution in [0.15, 0.2) is 54.6 Å². The van der Waals surface area contributed by atoms with Gasteiger partial charge in [-0.05, 0) is 33.5 Å². The summed E-state index contributed by atoms with van der Waals surface area (Å²) in [7, 11) is 0. The van der Waals surface area contributed by atoms with E-state index in [2.05, 4.69) is 11.4 Å². The minimum absolute atomic E-state index is 0.00474. The molecule has 3 rings (SSSR count). The van der Waals surface area contributed by atoms with Crippen LogP contribution in [0, 0.1) is 5.92 Å². The molecule has 0 fully saturated rings. The Labute approximate surface area is 170 Å². The Morgan fingerprint density at radius 3 is 2.10 bits per heavy atom. The summed E-state index contributed by atoms with van der Waals surface area (Å²) in [5, 5.41) is 16.4. The molecule has 0 bridgehead atoms. The van der Waals surface area contributed by atoms with Gasteiger partial charge in [-0.25, -0.2) is 0 Å². The minimum Gasteiger partial charge on any atom is -0.461 e. The number of esters is 1. The molecule has 0 heterocycles. The van der Waals surface area contributed by atoms with Crippen LogP contribution in [0.3, 0.4) is 0 Å². The first-order valence-corrected chi connectivity index (χ1v) is 9.94. The summed E-state index contributed by atoms with van der Waals surface area (Å²) in [6.45, 7) is 3.88. The molecule has 5 heteroatoms. The lowest BCUT2D eigenvalue weighted by Crippen LogP contribution is -2.41. The third-order valence-electron chi connectivity index (χ3n) is 5.16. The minimum atomic E-state index is -0.415. The van der Waals surface area contributed by atoms with Gasteiger partial charge in [0.2, 0.25) is 5.91 Å². The zero-order valence-corrected chi connectivity index (χ0v) is 16.9. The maximum Gasteiger partial charge on any atom is 0.306 e. The number of benzene rings is 3. The first kappa shape index (κ1) is 20.8. The fourth-order valence-electron chi connectivity index (χ4n) is 3.41. The Kier molecular flexibility index (Phi) is 6.83. The lowest BCUT2D eigenvalue weighted by atomic mass is 9.97. The fourth-order valence-corrected chi connectivity index (χ4v) is 3.41. The van der Waals surface area contributed by atoms with E-state index in [1.807, 2.05) is 62.4 Å². The number of aliphatic hydroxyl groups excluding tert-OH is 1. The van der Waals surface area contributed by atoms with Crippen molar-refractivity contribution in [2.45, 2.75) is 39.3 Å². The molecule has 0 aliphatic heterocycles. The summed E-state index contributed by atoms with van der Waals surface area (Å²) in [6, 6.07) is 17.9. The SMILES string of the molecule is CC(C)[C@@H](CO)NC(=O)CCC(=O)OCc1c2ccccc2cc2ccccc12. The second kappa shape index (κ2) is 9.52. The molecule has 29 heavy (non-hydrogen) atoms. The molecular weight excluding hydrogens is 366 g/mol. The monoisotopic (exact) mass is 393 g/mol. The van der Waals surface area contributed by atoms with Gasteiger partial charge in [-0.15, -0.1) is 0 Å². The summed E-state index contributed by atoms with van der Waals surface area (Å²) in [5.74, 6) is -0.553. The lowest BCUT2D eigenvalue weighted by molar-refractivity contribution is -0.146. The van der Waals surface area contributed by atoms with E-state index in [4.69, 9.17) is 4.74 Å². The average molecular weight is 393 g/mol. The number of hydrogen-bond donors (Lipinski definition) is 2. The van der Waals surface area contributed by atoms with Gasteiger partial charge in [0.05, 0.1) is 19.1 Å². The molecule has 3 aromatic rings. The largest absolute Gasteiger partial charge is 0.461 e. The van der Waals surface area contributed by atoms with Crippen molar-refractivity contribution in [2.75, 3.05) is 6.61 Å². The molecule has 1 atom stereocenters. The number of ether oxygens (including phenoxy) is 1. The van der Waals surface area contributed by atoms with E-state index in [-0.39, 0.29) is 43.9 Å². The van der Waals surface area contributed by atoms with Gasteiger partial charge in [-0.2, -0.15) is 0 Å². The van der Waals surface area contributed by atoms with Gasteiger partial charge in [0, 0.05) is 12.0 Å². The van der Waals surface area contributed by atoms with E-state index in [1.165, 1.54) is 0 Å². The molecule has 0 unspecified atom stereocenters. The number of carbonyl (C=O) groups is 2. The lowest BCUT2D eigenvalue weighted by Gasteiger charge is -2.19. The van der Waals surface area contributed by atoms with Crippen LogP contribution in [0.2, 0.25) is 0 Å². The van der Waals surface area contributed by atoms with Crippen molar-refractivity contribution >= 4 is 33.4 Å². The van der Waals surface area contributed by atoms with Gasteiger partial charge in [0.1, 0.15) is 6.61 Å². The van der Waals surface area contributed by atoms with Gasteiger partial charge in [-0.1, -0.05) is 62.4 Å². The van der Waals surface area contributed by atoms with Crippen molar-refractivity contribution in [3.05, 3.63) is 60.2 Å². The average Bonchev–Trinajstić information content (AvgIpc) is 2.73. The van der Waals surface area contributed by atoms with Crippen LogP contribution < -0.4 is 5.32 Å². The third kappa shape index (κ3) is 5.12. The summed E-state index contributed by atoms with van der Waals surface area (Å²) in [4.78, 5) is 24.2. The zero-order chi connectivity index (χ0) is 20.8. The zero-order valence-electron chi connectivity index (χ0n) is 16.9. The highest BCUT2D eigenvalue weighted by atomic mass is 16.5. The molecular formula is C24H27NO4. The van der Waals surface area contributed by atoms with Gasteiger partial charge in [0.25, 0.3) is 0 Å². The molecule has 152 valence electrons. The van der Waals surface area contributed by atoms with Crippen LogP contribution in [0.5, 0.6) is 0 Å². The van der Waals surface area contributed by atoms with Crippen LogP contribution in [0.25, 0.3) is 21.5 Å². The Bertz CT molecular complexity index is 958. The molecule has 0 saturated carbocycles. The highest BCUT2D eigenvalue weighted by Gasteiger charge is 2.16. The molecule has 0 aliphatic carbocycles. The van der Waals surface area contributed by atoms with Crippen molar-refractivity contribution in [3.63, 3.8) is 0 Å². The number of nitrogens with one attached hydrogen (secondary N) is 1. The van der Waals surface area contributed by atoms with Crippen LogP contribution in [0.1, 0.15) is 32.3 Å². The normalized spacial score (nSPS) is 12.3. The number of amides is 1. The highest BCUT2D eigenvalue weighted by molar-refractivity contribution is 6.02. The first-order valence-electron chi connectivity index (χ1n) is 9.94. The van der Waals surface area contributed by atoms with Gasteiger partial charge in [0.15, 0.2) is 0 Å². The molecule has 3 aromatic carbocycles. The van der Waals surface area contributed by atoms with Gasteiger partial charge < -0.3 is 15.2 Å². The second-order valence-electron chi connectivity index (χ2n) is 7.56. The van der Waals surface area contributed by atoms with Crippen molar-refractivity contribution in [3.8, 4) is 0 Å². The molecule has 0 saturated heterocycles. The van der Waals surface area contributed by atoms with Gasteiger partial charge in [-0.3, -0.25) is 9.59 Å². The summed E-state index contributed by atoms with van der Waals surface area (Å²) >= 11 is 0. The smallest absolute Gasteiger partial charge is 0.306 e. The third-order valence-corrected chi connectivity index (χ3v) is 5.16. The van der Waals surface area contributed by atoms with Crippen LogP contribution >= 0.6 is 0 Å². The van der Waals surface area contributed by atoms with Crippen molar-refractivity contribution in [2.24, 2.45) is 5.92 Å². The van der Waals surface area contributed by atoms with Crippen molar-refractivity contribution in [1.29, 1.82) is 0 Å². The number of carbonyl (C=O) groups excluding carboxylic acids is 2. The maximum atomic E-state index is 12.2. The van der Waals surface area contributed by atoms with E-state index >= 15 is 0 Å². The first-order chi connectivity index (χ1) is 14.0. The number of fused-ring (bicyclic) bond motifs is 2. The van der Waals surface area contributed by atoms with E-state index in [0.29, 0.717) is 0 Å². The number of hydrogen-bond acceptors (Lipinski definition) is 4. The fraction of sp³-hybridized carbons (Fsp3) is 0.333. The summed E-state index contributed by atoms with van der Waals surface area (Å²) in [5.41, 5.74) is 0.969. The number of rotatable bonds is 8. The Morgan fingerprint density at radius 1 is 0.966 bits per heavy atom. The quantitative estimate of drug-likeness (QED) is 0.449. The predicted molar refractivity (Wildman–Crippen MR) is 114 cm³/mol. The van der Waals surface area contributed by atoms with Crippen LogP contribution in [-0.4, -0.2) is 29.6 Å². The molecule has 2 N–H and O–H groups in total. The Balaban J connectivity index is 1.66. The topological polar surface area (TPSA) is 75.6 Å². The maximum absolute atomic E-state index is 12.2. The van der Waals surface area contributed by atoms with Crippen molar-refractivity contribution in [1.82, 2.24) is 5.32 Å². The van der Waals surface area contributed by atoms with E-state index in [0.717, 1.165) is 27.1 Å². The molecule has 1 amide bonds. The van der Waals surface area contributed by atoms with Crippen LogP contribution in [-0.2, 0) is 20.9 Å². The molecule has 0 aliphatic rings. The van der Waals surface area contributed by atoms with Crippen LogP contribution in [0.4, 0.5) is 0 Å². The predicted octanol–water partition coefficient (Wildman–Crippen LogP) is 3.95. The Morgan fingerprint density at radius 2 is 1.55 bits per heavy atom. The summed E-state index contributed by atoms with van der Waals surface area (Å²) in [6.07, 6.45) is 0.0448. The Hall–Kier alpha value is -2.92. The van der Waals surface area contributed by atoms with Gasteiger partial charge >= 0.3 is 5.97 Å². The number of aliphatic hydroxyl groups is 1. The highest BCUT2D eigenvalue weighted by Crippen LogP contribution is 2.29.